The monoisotopic (exact) mass is 353 g/mol. The number of amides is 1. The highest BCUT2D eigenvalue weighted by molar-refractivity contribution is 7.98. The fourth-order valence-electron chi connectivity index (χ4n) is 1.76. The van der Waals surface area contributed by atoms with Gasteiger partial charge in [0, 0.05) is 10.6 Å². The lowest BCUT2D eigenvalue weighted by Gasteiger charge is -2.08. The van der Waals surface area contributed by atoms with Crippen LogP contribution in [0, 0.1) is 5.82 Å². The molecule has 0 aliphatic heterocycles. The van der Waals surface area contributed by atoms with Gasteiger partial charge in [-0.1, -0.05) is 17.7 Å². The number of nitrogens with one attached hydrogen (secondary N) is 1. The molecule has 0 aliphatic carbocycles. The molecule has 0 aliphatic rings. The summed E-state index contributed by atoms with van der Waals surface area (Å²) in [6, 6.07) is 10.6. The third-order valence-electron chi connectivity index (χ3n) is 2.84. The second kappa shape index (κ2) is 7.99. The van der Waals surface area contributed by atoms with Crippen molar-refractivity contribution in [3.63, 3.8) is 0 Å². The maximum absolute atomic E-state index is 12.9. The molecule has 1 amide bonds. The molecule has 0 saturated carbocycles. The van der Waals surface area contributed by atoms with Crippen LogP contribution >= 0.6 is 23.4 Å². The van der Waals surface area contributed by atoms with Gasteiger partial charge in [-0.2, -0.15) is 0 Å². The first-order valence-electron chi connectivity index (χ1n) is 6.55. The van der Waals surface area contributed by atoms with E-state index in [0.717, 1.165) is 17.0 Å². The van der Waals surface area contributed by atoms with Crippen molar-refractivity contribution in [1.29, 1.82) is 0 Å². The molecule has 7 heteroatoms. The van der Waals surface area contributed by atoms with Gasteiger partial charge in [-0.25, -0.2) is 9.18 Å². The van der Waals surface area contributed by atoms with E-state index in [9.17, 15) is 14.0 Å². The van der Waals surface area contributed by atoms with E-state index in [0.29, 0.717) is 5.69 Å². The predicted molar refractivity (Wildman–Crippen MR) is 88.5 cm³/mol. The van der Waals surface area contributed by atoms with Gasteiger partial charge in [0.05, 0.1) is 10.6 Å². The number of halogens is 2. The molecule has 120 valence electrons. The van der Waals surface area contributed by atoms with Crippen LogP contribution in [0.15, 0.2) is 47.4 Å². The highest BCUT2D eigenvalue weighted by Gasteiger charge is 2.14. The lowest BCUT2D eigenvalue weighted by Crippen LogP contribution is -2.21. The number of hydrogen-bond donors (Lipinski definition) is 1. The lowest BCUT2D eigenvalue weighted by atomic mass is 10.2. The maximum atomic E-state index is 12.9. The third-order valence-corrected chi connectivity index (χ3v) is 3.88. The van der Waals surface area contributed by atoms with Gasteiger partial charge in [0.1, 0.15) is 5.82 Å². The topological polar surface area (TPSA) is 55.4 Å². The van der Waals surface area contributed by atoms with E-state index in [1.165, 1.54) is 6.07 Å². The molecular weight excluding hydrogens is 341 g/mol. The molecule has 0 aromatic heterocycles. The standard InChI is InChI=1S/C16H13ClFNO3S/c1-23-12-4-2-3-11(8-12)19-15(20)9-22-16(21)13-6-5-10(18)7-14(13)17/h2-8H,9H2,1H3,(H,19,20). The average Bonchev–Trinajstić information content (AvgIpc) is 2.53. The molecule has 0 unspecified atom stereocenters. The maximum Gasteiger partial charge on any atom is 0.340 e. The summed E-state index contributed by atoms with van der Waals surface area (Å²) in [5.74, 6) is -1.82. The Balaban J connectivity index is 1.92. The zero-order chi connectivity index (χ0) is 16.8. The number of ether oxygens (including phenoxy) is 1. The summed E-state index contributed by atoms with van der Waals surface area (Å²) < 4.78 is 17.8. The first-order valence-corrected chi connectivity index (χ1v) is 8.16. The molecule has 0 heterocycles. The zero-order valence-corrected chi connectivity index (χ0v) is 13.7. The van der Waals surface area contributed by atoms with Gasteiger partial charge >= 0.3 is 5.97 Å². The molecule has 2 aromatic rings. The van der Waals surface area contributed by atoms with Crippen molar-refractivity contribution in [3.05, 3.63) is 58.9 Å². The minimum atomic E-state index is -0.789. The quantitative estimate of drug-likeness (QED) is 0.652. The van der Waals surface area contributed by atoms with Gasteiger partial charge in [-0.3, -0.25) is 4.79 Å². The fraction of sp³-hybridized carbons (Fsp3) is 0.125. The average molecular weight is 354 g/mol. The zero-order valence-electron chi connectivity index (χ0n) is 12.1. The van der Waals surface area contributed by atoms with Crippen molar-refractivity contribution in [1.82, 2.24) is 0 Å². The molecule has 0 fully saturated rings. The second-order valence-electron chi connectivity index (χ2n) is 4.48. The van der Waals surface area contributed by atoms with E-state index in [1.54, 1.807) is 23.9 Å². The number of benzene rings is 2. The summed E-state index contributed by atoms with van der Waals surface area (Å²) in [4.78, 5) is 24.6. The number of esters is 1. The van der Waals surface area contributed by atoms with Gasteiger partial charge in [0.25, 0.3) is 5.91 Å². The van der Waals surface area contributed by atoms with Gasteiger partial charge in [-0.15, -0.1) is 11.8 Å². The first-order chi connectivity index (χ1) is 11.0. The number of carbonyl (C=O) groups excluding carboxylic acids is 2. The molecule has 1 N–H and O–H groups in total. The molecule has 4 nitrogen and oxygen atoms in total. The van der Waals surface area contributed by atoms with Crippen molar-refractivity contribution >= 4 is 40.9 Å². The fourth-order valence-corrected chi connectivity index (χ4v) is 2.47. The van der Waals surface area contributed by atoms with E-state index < -0.39 is 24.3 Å². The normalized spacial score (nSPS) is 10.2. The summed E-state index contributed by atoms with van der Waals surface area (Å²) in [6.07, 6.45) is 1.93. The van der Waals surface area contributed by atoms with Crippen molar-refractivity contribution in [3.8, 4) is 0 Å². The van der Waals surface area contributed by atoms with Gasteiger partial charge in [0.2, 0.25) is 0 Å². The molecule has 0 atom stereocenters. The van der Waals surface area contributed by atoms with E-state index in [4.69, 9.17) is 16.3 Å². The van der Waals surface area contributed by atoms with E-state index in [-0.39, 0.29) is 10.6 Å². The number of anilines is 1. The minimum absolute atomic E-state index is 0.00486. The lowest BCUT2D eigenvalue weighted by molar-refractivity contribution is -0.119. The Morgan fingerprint density at radius 2 is 2.04 bits per heavy atom. The molecule has 2 rings (SSSR count). The van der Waals surface area contributed by atoms with Crippen LogP contribution in [0.2, 0.25) is 5.02 Å². The Kier molecular flexibility index (Phi) is 6.01. The second-order valence-corrected chi connectivity index (χ2v) is 5.77. The summed E-state index contributed by atoms with van der Waals surface area (Å²) in [5, 5.41) is 2.56. The number of carbonyl (C=O) groups is 2. The van der Waals surface area contributed by atoms with Crippen LogP contribution in [0.1, 0.15) is 10.4 Å². The smallest absolute Gasteiger partial charge is 0.340 e. The highest BCUT2D eigenvalue weighted by Crippen LogP contribution is 2.19. The van der Waals surface area contributed by atoms with E-state index in [1.807, 2.05) is 18.4 Å². The molecule has 0 radical (unpaired) electrons. The minimum Gasteiger partial charge on any atom is -0.452 e. The van der Waals surface area contributed by atoms with Crippen LogP contribution in [-0.4, -0.2) is 24.7 Å². The predicted octanol–water partition coefficient (Wildman–Crippen LogP) is 4.00. The molecule has 0 spiro atoms. The molecular formula is C16H13ClFNO3S. The largest absolute Gasteiger partial charge is 0.452 e. The van der Waals surface area contributed by atoms with Gasteiger partial charge in [0.15, 0.2) is 6.61 Å². The summed E-state index contributed by atoms with van der Waals surface area (Å²) in [5.41, 5.74) is 0.614. The Morgan fingerprint density at radius 1 is 1.26 bits per heavy atom. The molecule has 23 heavy (non-hydrogen) atoms. The Bertz CT molecular complexity index is 739. The Morgan fingerprint density at radius 3 is 2.74 bits per heavy atom. The number of thioether (sulfide) groups is 1. The Hall–Kier alpha value is -2.05. The Labute approximate surface area is 142 Å². The van der Waals surface area contributed by atoms with Crippen LogP contribution in [0.4, 0.5) is 10.1 Å². The van der Waals surface area contributed by atoms with Crippen LogP contribution in [0.25, 0.3) is 0 Å². The van der Waals surface area contributed by atoms with E-state index >= 15 is 0 Å². The van der Waals surface area contributed by atoms with Crippen LogP contribution < -0.4 is 5.32 Å². The molecule has 0 saturated heterocycles. The number of rotatable bonds is 5. The third kappa shape index (κ3) is 4.97. The van der Waals surface area contributed by atoms with Crippen LogP contribution in [0.5, 0.6) is 0 Å². The van der Waals surface area contributed by atoms with Crippen LogP contribution in [-0.2, 0) is 9.53 Å². The van der Waals surface area contributed by atoms with Gasteiger partial charge in [-0.05, 0) is 42.7 Å². The van der Waals surface area contributed by atoms with Crippen LogP contribution in [0.3, 0.4) is 0 Å². The molecule has 2 aromatic carbocycles. The summed E-state index contributed by atoms with van der Waals surface area (Å²) >= 11 is 7.31. The van der Waals surface area contributed by atoms with Crippen molar-refractivity contribution in [2.75, 3.05) is 18.2 Å². The van der Waals surface area contributed by atoms with Crippen molar-refractivity contribution in [2.45, 2.75) is 4.90 Å². The summed E-state index contributed by atoms with van der Waals surface area (Å²) in [6.45, 7) is -0.462. The SMILES string of the molecule is CSc1cccc(NC(=O)COC(=O)c2ccc(F)cc2Cl)c1. The summed E-state index contributed by atoms with van der Waals surface area (Å²) in [7, 11) is 0. The van der Waals surface area contributed by atoms with Gasteiger partial charge < -0.3 is 10.1 Å². The van der Waals surface area contributed by atoms with Crippen molar-refractivity contribution in [2.24, 2.45) is 0 Å². The van der Waals surface area contributed by atoms with E-state index in [2.05, 4.69) is 5.32 Å². The number of hydrogen-bond acceptors (Lipinski definition) is 4. The highest BCUT2D eigenvalue weighted by atomic mass is 35.5. The first kappa shape index (κ1) is 17.3. The molecule has 0 bridgehead atoms. The van der Waals surface area contributed by atoms with Crippen molar-refractivity contribution < 1.29 is 18.7 Å².